The van der Waals surface area contributed by atoms with Crippen LogP contribution in [0.1, 0.15) is 19.3 Å². The van der Waals surface area contributed by atoms with E-state index in [4.69, 9.17) is 27.9 Å². The average molecular weight is 382 g/mol. The molecule has 0 aromatic heterocycles. The lowest BCUT2D eigenvalue weighted by Gasteiger charge is -2.32. The number of rotatable bonds is 6. The lowest BCUT2D eigenvalue weighted by atomic mass is 9.97. The van der Waals surface area contributed by atoms with Crippen LogP contribution in [0.2, 0.25) is 10.0 Å². The van der Waals surface area contributed by atoms with E-state index in [2.05, 4.69) is 5.32 Å². The van der Waals surface area contributed by atoms with E-state index in [1.165, 1.54) is 0 Å². The number of carbonyl (C=O) groups is 1. The SMILES string of the molecule is CNCC1CCN(C(=O)CCOc2ccc(Cl)cc2Cl)CC1.Cl. The molecule has 1 saturated heterocycles. The number of piperidine rings is 1. The van der Waals surface area contributed by atoms with Crippen LogP contribution in [0.5, 0.6) is 5.75 Å². The highest BCUT2D eigenvalue weighted by molar-refractivity contribution is 6.35. The van der Waals surface area contributed by atoms with Gasteiger partial charge < -0.3 is 15.0 Å². The number of hydrogen-bond donors (Lipinski definition) is 1. The van der Waals surface area contributed by atoms with Crippen molar-refractivity contribution in [3.05, 3.63) is 28.2 Å². The maximum atomic E-state index is 12.2. The minimum absolute atomic E-state index is 0. The predicted octanol–water partition coefficient (Wildman–Crippen LogP) is 3.64. The summed E-state index contributed by atoms with van der Waals surface area (Å²) in [6.07, 6.45) is 2.50. The second kappa shape index (κ2) is 10.2. The van der Waals surface area contributed by atoms with Gasteiger partial charge in [-0.15, -0.1) is 12.4 Å². The summed E-state index contributed by atoms with van der Waals surface area (Å²) in [4.78, 5) is 14.1. The van der Waals surface area contributed by atoms with E-state index in [1.54, 1.807) is 18.2 Å². The van der Waals surface area contributed by atoms with Crippen molar-refractivity contribution in [2.24, 2.45) is 5.92 Å². The number of nitrogens with one attached hydrogen (secondary N) is 1. The molecule has 1 amide bonds. The normalized spacial score (nSPS) is 15.2. The smallest absolute Gasteiger partial charge is 0.225 e. The third-order valence-electron chi connectivity index (χ3n) is 3.93. The molecule has 0 radical (unpaired) electrons. The first-order valence-corrected chi connectivity index (χ1v) is 8.36. The molecule has 2 rings (SSSR count). The van der Waals surface area contributed by atoms with E-state index in [1.807, 2.05) is 11.9 Å². The minimum Gasteiger partial charge on any atom is -0.491 e. The molecular formula is C16H23Cl3N2O2. The molecule has 0 spiro atoms. The van der Waals surface area contributed by atoms with Crippen LogP contribution < -0.4 is 10.1 Å². The maximum absolute atomic E-state index is 12.2. The Labute approximate surface area is 153 Å². The van der Waals surface area contributed by atoms with Gasteiger partial charge in [-0.1, -0.05) is 23.2 Å². The summed E-state index contributed by atoms with van der Waals surface area (Å²) in [6, 6.07) is 5.07. The van der Waals surface area contributed by atoms with Crippen LogP contribution in [0, 0.1) is 5.92 Å². The summed E-state index contributed by atoms with van der Waals surface area (Å²) in [5.74, 6) is 1.39. The van der Waals surface area contributed by atoms with Gasteiger partial charge in [0, 0.05) is 18.1 Å². The molecule has 0 saturated carbocycles. The van der Waals surface area contributed by atoms with Crippen LogP contribution >= 0.6 is 35.6 Å². The fourth-order valence-corrected chi connectivity index (χ4v) is 3.14. The Morgan fingerprint density at radius 3 is 2.65 bits per heavy atom. The summed E-state index contributed by atoms with van der Waals surface area (Å²) in [5, 5.41) is 4.23. The number of nitrogens with zero attached hydrogens (tertiary/aromatic N) is 1. The van der Waals surface area contributed by atoms with Crippen molar-refractivity contribution < 1.29 is 9.53 Å². The van der Waals surface area contributed by atoms with Gasteiger partial charge in [-0.3, -0.25) is 4.79 Å². The Morgan fingerprint density at radius 2 is 2.04 bits per heavy atom. The predicted molar refractivity (Wildman–Crippen MR) is 97.1 cm³/mol. The molecule has 130 valence electrons. The van der Waals surface area contributed by atoms with Gasteiger partial charge in [-0.25, -0.2) is 0 Å². The molecule has 0 bridgehead atoms. The van der Waals surface area contributed by atoms with E-state index < -0.39 is 0 Å². The zero-order valence-corrected chi connectivity index (χ0v) is 15.5. The molecule has 1 aromatic carbocycles. The number of hydrogen-bond acceptors (Lipinski definition) is 3. The van der Waals surface area contributed by atoms with E-state index in [9.17, 15) is 4.79 Å². The first-order valence-electron chi connectivity index (χ1n) is 7.60. The number of ether oxygens (including phenoxy) is 1. The van der Waals surface area contributed by atoms with E-state index in [0.29, 0.717) is 34.7 Å². The summed E-state index contributed by atoms with van der Waals surface area (Å²) in [5.41, 5.74) is 0. The summed E-state index contributed by atoms with van der Waals surface area (Å²) >= 11 is 11.9. The fraction of sp³-hybridized carbons (Fsp3) is 0.562. The van der Waals surface area contributed by atoms with Gasteiger partial charge in [0.05, 0.1) is 18.1 Å². The number of likely N-dealkylation sites (tertiary alicyclic amines) is 1. The quantitative estimate of drug-likeness (QED) is 0.818. The molecule has 0 aliphatic carbocycles. The van der Waals surface area contributed by atoms with Gasteiger partial charge in [0.1, 0.15) is 5.75 Å². The topological polar surface area (TPSA) is 41.6 Å². The van der Waals surface area contributed by atoms with E-state index in [-0.39, 0.29) is 18.3 Å². The van der Waals surface area contributed by atoms with Crippen LogP contribution in [0.3, 0.4) is 0 Å². The Hall–Kier alpha value is -0.680. The molecule has 23 heavy (non-hydrogen) atoms. The minimum atomic E-state index is 0. The fourth-order valence-electron chi connectivity index (χ4n) is 2.67. The van der Waals surface area contributed by atoms with Crippen molar-refractivity contribution in [2.75, 3.05) is 33.3 Å². The molecule has 1 aromatic rings. The molecular weight excluding hydrogens is 359 g/mol. The highest BCUT2D eigenvalue weighted by Gasteiger charge is 2.22. The van der Waals surface area contributed by atoms with Crippen molar-refractivity contribution in [1.29, 1.82) is 0 Å². The molecule has 1 fully saturated rings. The van der Waals surface area contributed by atoms with Crippen molar-refractivity contribution in [1.82, 2.24) is 10.2 Å². The molecule has 4 nitrogen and oxygen atoms in total. The number of halogens is 3. The van der Waals surface area contributed by atoms with Crippen molar-refractivity contribution in [3.8, 4) is 5.75 Å². The Bertz CT molecular complexity index is 506. The molecule has 7 heteroatoms. The van der Waals surface area contributed by atoms with Crippen molar-refractivity contribution >= 4 is 41.5 Å². The highest BCUT2D eigenvalue weighted by atomic mass is 35.5. The first-order chi connectivity index (χ1) is 10.6. The summed E-state index contributed by atoms with van der Waals surface area (Å²) in [6.45, 7) is 3.04. The molecule has 1 aliphatic heterocycles. The van der Waals surface area contributed by atoms with Crippen molar-refractivity contribution in [3.63, 3.8) is 0 Å². The van der Waals surface area contributed by atoms with Crippen LogP contribution in [0.25, 0.3) is 0 Å². The number of carbonyl (C=O) groups excluding carboxylic acids is 1. The molecule has 1 heterocycles. The standard InChI is InChI=1S/C16H22Cl2N2O2.ClH/c1-19-11-12-4-7-20(8-5-12)16(21)6-9-22-15-3-2-13(17)10-14(15)18;/h2-3,10,12,19H,4-9,11H2,1H3;1H. The Balaban J connectivity index is 0.00000264. The zero-order chi connectivity index (χ0) is 15.9. The van der Waals surface area contributed by atoms with Gasteiger partial charge in [0.15, 0.2) is 0 Å². The molecule has 0 unspecified atom stereocenters. The lowest BCUT2D eigenvalue weighted by Crippen LogP contribution is -2.40. The molecule has 0 atom stereocenters. The van der Waals surface area contributed by atoms with Crippen molar-refractivity contribution in [2.45, 2.75) is 19.3 Å². The summed E-state index contributed by atoms with van der Waals surface area (Å²) < 4.78 is 5.56. The highest BCUT2D eigenvalue weighted by Crippen LogP contribution is 2.27. The van der Waals surface area contributed by atoms with Gasteiger partial charge in [0.25, 0.3) is 0 Å². The first kappa shape index (κ1) is 20.4. The lowest BCUT2D eigenvalue weighted by molar-refractivity contribution is -0.133. The summed E-state index contributed by atoms with van der Waals surface area (Å²) in [7, 11) is 1.97. The van der Waals surface area contributed by atoms with Crippen LogP contribution in [-0.2, 0) is 4.79 Å². The van der Waals surface area contributed by atoms with Gasteiger partial charge >= 0.3 is 0 Å². The zero-order valence-electron chi connectivity index (χ0n) is 13.2. The van der Waals surface area contributed by atoms with Gasteiger partial charge in [-0.05, 0) is 50.6 Å². The molecule has 1 N–H and O–H groups in total. The Kier molecular flexibility index (Phi) is 9.07. The number of amides is 1. The van der Waals surface area contributed by atoms with Crippen LogP contribution in [0.4, 0.5) is 0 Å². The largest absolute Gasteiger partial charge is 0.491 e. The Morgan fingerprint density at radius 1 is 1.35 bits per heavy atom. The van der Waals surface area contributed by atoms with Gasteiger partial charge in [-0.2, -0.15) is 0 Å². The second-order valence-corrected chi connectivity index (χ2v) is 6.40. The van der Waals surface area contributed by atoms with Crippen LogP contribution in [-0.4, -0.2) is 44.1 Å². The maximum Gasteiger partial charge on any atom is 0.225 e. The second-order valence-electron chi connectivity index (χ2n) is 5.56. The third kappa shape index (κ3) is 6.38. The van der Waals surface area contributed by atoms with Crippen LogP contribution in [0.15, 0.2) is 18.2 Å². The van der Waals surface area contributed by atoms with Gasteiger partial charge in [0.2, 0.25) is 5.91 Å². The number of benzene rings is 1. The monoisotopic (exact) mass is 380 g/mol. The average Bonchev–Trinajstić information content (AvgIpc) is 2.50. The van der Waals surface area contributed by atoms with E-state index >= 15 is 0 Å². The van der Waals surface area contributed by atoms with E-state index in [0.717, 1.165) is 32.5 Å². The third-order valence-corrected chi connectivity index (χ3v) is 4.46. The molecule has 1 aliphatic rings.